The Morgan fingerprint density at radius 3 is 2.60 bits per heavy atom. The Labute approximate surface area is 121 Å². The summed E-state index contributed by atoms with van der Waals surface area (Å²) in [4.78, 5) is 0.312. The molecule has 0 saturated heterocycles. The SMILES string of the molecule is CCOC(C)CNS(=O)(=O)c1cc(CN)ccc1CC. The van der Waals surface area contributed by atoms with Gasteiger partial charge in [-0.05, 0) is 37.5 Å². The molecule has 0 radical (unpaired) electrons. The van der Waals surface area contributed by atoms with E-state index in [1.165, 1.54) is 0 Å². The van der Waals surface area contributed by atoms with Crippen molar-refractivity contribution >= 4 is 10.0 Å². The van der Waals surface area contributed by atoms with Gasteiger partial charge >= 0.3 is 0 Å². The Balaban J connectivity index is 2.96. The quantitative estimate of drug-likeness (QED) is 0.760. The number of nitrogens with one attached hydrogen (secondary N) is 1. The van der Waals surface area contributed by atoms with Gasteiger partial charge in [-0.3, -0.25) is 0 Å². The van der Waals surface area contributed by atoms with Crippen LogP contribution in [0.3, 0.4) is 0 Å². The van der Waals surface area contributed by atoms with Gasteiger partial charge in [0.15, 0.2) is 0 Å². The summed E-state index contributed by atoms with van der Waals surface area (Å²) in [6, 6.07) is 5.33. The summed E-state index contributed by atoms with van der Waals surface area (Å²) < 4.78 is 32.7. The minimum Gasteiger partial charge on any atom is -0.377 e. The van der Waals surface area contributed by atoms with Crippen LogP contribution in [0.4, 0.5) is 0 Å². The highest BCUT2D eigenvalue weighted by atomic mass is 32.2. The van der Waals surface area contributed by atoms with Crippen molar-refractivity contribution in [2.45, 2.75) is 44.7 Å². The van der Waals surface area contributed by atoms with Gasteiger partial charge in [0.25, 0.3) is 0 Å². The van der Waals surface area contributed by atoms with Crippen LogP contribution in [0, 0.1) is 0 Å². The summed E-state index contributed by atoms with van der Waals surface area (Å²) in [6.07, 6.45) is 0.500. The lowest BCUT2D eigenvalue weighted by atomic mass is 10.1. The van der Waals surface area contributed by atoms with Gasteiger partial charge in [0.1, 0.15) is 0 Å². The number of rotatable bonds is 8. The van der Waals surface area contributed by atoms with Crippen LogP contribution < -0.4 is 10.5 Å². The second kappa shape index (κ2) is 7.73. The molecule has 1 aromatic carbocycles. The normalized spacial score (nSPS) is 13.4. The molecule has 1 atom stereocenters. The highest BCUT2D eigenvalue weighted by molar-refractivity contribution is 7.89. The minimum atomic E-state index is -3.53. The van der Waals surface area contributed by atoms with Gasteiger partial charge < -0.3 is 10.5 Å². The largest absolute Gasteiger partial charge is 0.377 e. The lowest BCUT2D eigenvalue weighted by molar-refractivity contribution is 0.0799. The van der Waals surface area contributed by atoms with Crippen LogP contribution in [-0.4, -0.2) is 27.7 Å². The Morgan fingerprint density at radius 1 is 1.35 bits per heavy atom. The topological polar surface area (TPSA) is 81.4 Å². The van der Waals surface area contributed by atoms with Crippen molar-refractivity contribution in [3.8, 4) is 0 Å². The second-order valence-corrected chi connectivity index (χ2v) is 6.35. The molecule has 3 N–H and O–H groups in total. The predicted molar refractivity (Wildman–Crippen MR) is 80.0 cm³/mol. The Hall–Kier alpha value is -0.950. The third-order valence-corrected chi connectivity index (χ3v) is 4.56. The highest BCUT2D eigenvalue weighted by Crippen LogP contribution is 2.18. The van der Waals surface area contributed by atoms with Gasteiger partial charge in [-0.2, -0.15) is 0 Å². The third kappa shape index (κ3) is 4.56. The molecule has 114 valence electrons. The fraction of sp³-hybridized carbons (Fsp3) is 0.571. The first-order chi connectivity index (χ1) is 9.44. The summed E-state index contributed by atoms with van der Waals surface area (Å²) in [7, 11) is -3.53. The summed E-state index contributed by atoms with van der Waals surface area (Å²) in [5.74, 6) is 0. The summed E-state index contributed by atoms with van der Waals surface area (Å²) in [5, 5.41) is 0. The van der Waals surface area contributed by atoms with Crippen LogP contribution in [-0.2, 0) is 27.7 Å². The van der Waals surface area contributed by atoms with E-state index in [0.29, 0.717) is 24.5 Å². The van der Waals surface area contributed by atoms with Gasteiger partial charge in [0.2, 0.25) is 10.0 Å². The van der Waals surface area contributed by atoms with Gasteiger partial charge in [-0.1, -0.05) is 19.1 Å². The Morgan fingerprint density at radius 2 is 2.05 bits per heavy atom. The first-order valence-corrected chi connectivity index (χ1v) is 8.36. The molecule has 0 amide bonds. The first-order valence-electron chi connectivity index (χ1n) is 6.87. The van der Waals surface area contributed by atoms with Gasteiger partial charge in [-0.25, -0.2) is 13.1 Å². The van der Waals surface area contributed by atoms with Gasteiger partial charge in [0.05, 0.1) is 11.0 Å². The molecule has 0 bridgehead atoms. The van der Waals surface area contributed by atoms with E-state index in [-0.39, 0.29) is 12.6 Å². The maximum absolute atomic E-state index is 12.4. The molecule has 1 unspecified atom stereocenters. The molecule has 0 heterocycles. The van der Waals surface area contributed by atoms with Crippen molar-refractivity contribution in [3.05, 3.63) is 29.3 Å². The number of nitrogens with two attached hydrogens (primary N) is 1. The van der Waals surface area contributed by atoms with Crippen molar-refractivity contribution < 1.29 is 13.2 Å². The van der Waals surface area contributed by atoms with Crippen LogP contribution >= 0.6 is 0 Å². The number of ether oxygens (including phenoxy) is 1. The lowest BCUT2D eigenvalue weighted by Gasteiger charge is -2.15. The standard InChI is InChI=1S/C14H24N2O3S/c1-4-13-7-6-12(9-15)8-14(13)20(17,18)16-10-11(3)19-5-2/h6-8,11,16H,4-5,9-10,15H2,1-3H3. The van der Waals surface area contributed by atoms with Crippen LogP contribution in [0.1, 0.15) is 31.9 Å². The van der Waals surface area contributed by atoms with Crippen LogP contribution in [0.25, 0.3) is 0 Å². The smallest absolute Gasteiger partial charge is 0.240 e. The molecule has 5 nitrogen and oxygen atoms in total. The lowest BCUT2D eigenvalue weighted by Crippen LogP contribution is -2.32. The molecule has 0 saturated carbocycles. The number of sulfonamides is 1. The van der Waals surface area contributed by atoms with E-state index in [1.54, 1.807) is 6.07 Å². The minimum absolute atomic E-state index is 0.155. The highest BCUT2D eigenvalue weighted by Gasteiger charge is 2.19. The van der Waals surface area contributed by atoms with Gasteiger partial charge in [-0.15, -0.1) is 0 Å². The fourth-order valence-corrected chi connectivity index (χ4v) is 3.39. The van der Waals surface area contributed by atoms with Crippen molar-refractivity contribution in [1.29, 1.82) is 0 Å². The molecular weight excluding hydrogens is 276 g/mol. The number of hydrogen-bond acceptors (Lipinski definition) is 4. The second-order valence-electron chi connectivity index (χ2n) is 4.62. The summed E-state index contributed by atoms with van der Waals surface area (Å²) >= 11 is 0. The molecule has 0 aromatic heterocycles. The maximum atomic E-state index is 12.4. The fourth-order valence-electron chi connectivity index (χ4n) is 1.92. The molecule has 20 heavy (non-hydrogen) atoms. The van der Waals surface area contributed by atoms with Crippen molar-refractivity contribution in [2.24, 2.45) is 5.73 Å². The first kappa shape index (κ1) is 17.1. The molecular formula is C14H24N2O3S. The molecule has 1 rings (SSSR count). The monoisotopic (exact) mass is 300 g/mol. The maximum Gasteiger partial charge on any atom is 0.240 e. The van der Waals surface area contributed by atoms with E-state index in [1.807, 2.05) is 32.9 Å². The predicted octanol–water partition coefficient (Wildman–Crippen LogP) is 1.41. The Bertz CT molecular complexity index is 529. The summed E-state index contributed by atoms with van der Waals surface area (Å²) in [5.41, 5.74) is 7.18. The van der Waals surface area contributed by atoms with Crippen LogP contribution in [0.2, 0.25) is 0 Å². The van der Waals surface area contributed by atoms with E-state index in [9.17, 15) is 8.42 Å². The van der Waals surface area contributed by atoms with Crippen LogP contribution in [0.15, 0.2) is 23.1 Å². The van der Waals surface area contributed by atoms with Crippen molar-refractivity contribution in [3.63, 3.8) is 0 Å². The van der Waals surface area contributed by atoms with E-state index in [4.69, 9.17) is 10.5 Å². The van der Waals surface area contributed by atoms with E-state index >= 15 is 0 Å². The average Bonchev–Trinajstić information content (AvgIpc) is 2.45. The van der Waals surface area contributed by atoms with E-state index in [2.05, 4.69) is 4.72 Å². The van der Waals surface area contributed by atoms with Crippen LogP contribution in [0.5, 0.6) is 0 Å². The zero-order chi connectivity index (χ0) is 15.2. The average molecular weight is 300 g/mol. The van der Waals surface area contributed by atoms with Crippen molar-refractivity contribution in [1.82, 2.24) is 4.72 Å². The molecule has 0 spiro atoms. The van der Waals surface area contributed by atoms with Gasteiger partial charge in [0, 0.05) is 19.7 Å². The van der Waals surface area contributed by atoms with E-state index < -0.39 is 10.0 Å². The van der Waals surface area contributed by atoms with E-state index in [0.717, 1.165) is 11.1 Å². The molecule has 1 aromatic rings. The molecule has 0 aliphatic heterocycles. The zero-order valence-electron chi connectivity index (χ0n) is 12.3. The third-order valence-electron chi connectivity index (χ3n) is 3.05. The zero-order valence-corrected chi connectivity index (χ0v) is 13.2. The molecule has 6 heteroatoms. The summed E-state index contributed by atoms with van der Waals surface area (Å²) in [6.45, 7) is 6.78. The molecule has 0 aliphatic rings. The number of aryl methyl sites for hydroxylation is 1. The number of hydrogen-bond donors (Lipinski definition) is 2. The number of benzene rings is 1. The molecule has 0 aliphatic carbocycles. The Kier molecular flexibility index (Phi) is 6.61. The molecule has 0 fully saturated rings. The van der Waals surface area contributed by atoms with Crippen molar-refractivity contribution in [2.75, 3.05) is 13.2 Å².